The molecule has 0 saturated carbocycles. The number of nitrogens with two attached hydrogens (primary N) is 1. The lowest BCUT2D eigenvalue weighted by Crippen LogP contribution is -2.18. The van der Waals surface area contributed by atoms with Gasteiger partial charge in [0.15, 0.2) is 0 Å². The number of rotatable bonds is 6. The predicted molar refractivity (Wildman–Crippen MR) is 75.0 cm³/mol. The number of aromatic nitrogens is 1. The molecule has 5 heteroatoms. The van der Waals surface area contributed by atoms with Gasteiger partial charge in [-0.15, -0.1) is 0 Å². The molecule has 1 aromatic heterocycles. The van der Waals surface area contributed by atoms with Gasteiger partial charge in [0.25, 0.3) is 5.91 Å². The van der Waals surface area contributed by atoms with Gasteiger partial charge < -0.3 is 11.1 Å². The number of aryl methyl sites for hydroxylation is 2. The number of anilines is 1. The summed E-state index contributed by atoms with van der Waals surface area (Å²) < 4.78 is 0. The van der Waals surface area contributed by atoms with Crippen LogP contribution >= 0.6 is 0 Å². The van der Waals surface area contributed by atoms with Crippen molar-refractivity contribution in [2.24, 2.45) is 5.73 Å². The molecule has 2 amide bonds. The molecular formula is C14H21N3O2. The van der Waals surface area contributed by atoms with Crippen LogP contribution in [0.4, 0.5) is 5.69 Å². The van der Waals surface area contributed by atoms with Crippen molar-refractivity contribution < 1.29 is 9.59 Å². The van der Waals surface area contributed by atoms with Crippen LogP contribution in [0.1, 0.15) is 54.9 Å². The maximum absolute atomic E-state index is 11.7. The maximum Gasteiger partial charge on any atom is 0.250 e. The van der Waals surface area contributed by atoms with E-state index >= 15 is 0 Å². The van der Waals surface area contributed by atoms with Crippen LogP contribution in [-0.4, -0.2) is 16.8 Å². The zero-order chi connectivity index (χ0) is 14.4. The molecular weight excluding hydrogens is 242 g/mol. The summed E-state index contributed by atoms with van der Waals surface area (Å²) in [5.41, 5.74) is 7.66. The average Bonchev–Trinajstić information content (AvgIpc) is 2.32. The highest BCUT2D eigenvalue weighted by Gasteiger charge is 2.14. The number of carbonyl (C=O) groups excluding carboxylic acids is 2. The molecule has 0 saturated heterocycles. The molecule has 0 aliphatic heterocycles. The quantitative estimate of drug-likeness (QED) is 0.824. The van der Waals surface area contributed by atoms with E-state index in [-0.39, 0.29) is 5.91 Å². The van der Waals surface area contributed by atoms with Gasteiger partial charge in [0, 0.05) is 6.42 Å². The fraction of sp³-hybridized carbons (Fsp3) is 0.500. The highest BCUT2D eigenvalue weighted by atomic mass is 16.2. The van der Waals surface area contributed by atoms with Gasteiger partial charge in [-0.3, -0.25) is 14.6 Å². The monoisotopic (exact) mass is 263 g/mol. The molecule has 3 N–H and O–H groups in total. The van der Waals surface area contributed by atoms with Gasteiger partial charge >= 0.3 is 0 Å². The third kappa shape index (κ3) is 4.05. The maximum atomic E-state index is 11.7. The van der Waals surface area contributed by atoms with Crippen LogP contribution in [0, 0.1) is 6.92 Å². The summed E-state index contributed by atoms with van der Waals surface area (Å²) in [4.78, 5) is 27.4. The minimum absolute atomic E-state index is 0.0686. The van der Waals surface area contributed by atoms with Gasteiger partial charge in [-0.1, -0.05) is 20.3 Å². The lowest BCUT2D eigenvalue weighted by Gasteiger charge is -2.13. The Morgan fingerprint density at radius 3 is 2.53 bits per heavy atom. The molecule has 0 aliphatic rings. The van der Waals surface area contributed by atoms with Gasteiger partial charge in [-0.25, -0.2) is 0 Å². The van der Waals surface area contributed by atoms with Crippen molar-refractivity contribution in [2.75, 3.05) is 5.32 Å². The zero-order valence-corrected chi connectivity index (χ0v) is 11.7. The number of hydrogen-bond donors (Lipinski definition) is 2. The van der Waals surface area contributed by atoms with Gasteiger partial charge in [0.05, 0.1) is 22.6 Å². The Balaban J connectivity index is 3.13. The molecule has 0 aromatic carbocycles. The molecule has 5 nitrogen and oxygen atoms in total. The van der Waals surface area contributed by atoms with Crippen LogP contribution in [0.5, 0.6) is 0 Å². The number of primary amides is 1. The second-order valence-corrected chi connectivity index (χ2v) is 4.53. The molecule has 0 bridgehead atoms. The van der Waals surface area contributed by atoms with Crippen molar-refractivity contribution in [3.63, 3.8) is 0 Å². The molecule has 1 heterocycles. The highest BCUT2D eigenvalue weighted by molar-refractivity contribution is 5.97. The standard InChI is InChI=1S/C14H21N3O2/c1-4-6-11-12(17-13(18)7-5-2)8-10(14(15)19)9(3)16-11/h8H,4-7H2,1-3H3,(H2,15,19)(H,17,18). The SMILES string of the molecule is CCCC(=O)Nc1cc(C(N)=O)c(C)nc1CCC. The summed E-state index contributed by atoms with van der Waals surface area (Å²) in [6.07, 6.45) is 2.89. The number of carbonyl (C=O) groups is 2. The van der Waals surface area contributed by atoms with E-state index in [0.29, 0.717) is 23.4 Å². The number of amides is 2. The number of nitrogens with zero attached hydrogens (tertiary/aromatic N) is 1. The van der Waals surface area contributed by atoms with Crippen LogP contribution in [0.25, 0.3) is 0 Å². The van der Waals surface area contributed by atoms with Crippen LogP contribution in [0.2, 0.25) is 0 Å². The summed E-state index contributed by atoms with van der Waals surface area (Å²) in [6, 6.07) is 1.63. The average molecular weight is 263 g/mol. The molecule has 0 spiro atoms. The van der Waals surface area contributed by atoms with Crippen molar-refractivity contribution >= 4 is 17.5 Å². The van der Waals surface area contributed by atoms with Crippen LogP contribution < -0.4 is 11.1 Å². The predicted octanol–water partition coefficient (Wildman–Crippen LogP) is 2.18. The molecule has 0 aliphatic carbocycles. The van der Waals surface area contributed by atoms with E-state index in [1.807, 2.05) is 13.8 Å². The lowest BCUT2D eigenvalue weighted by molar-refractivity contribution is -0.116. The fourth-order valence-electron chi connectivity index (χ4n) is 1.88. The Labute approximate surface area is 113 Å². The third-order valence-electron chi connectivity index (χ3n) is 2.80. The van der Waals surface area contributed by atoms with Crippen molar-refractivity contribution in [2.45, 2.75) is 46.5 Å². The first-order valence-corrected chi connectivity index (χ1v) is 6.59. The minimum Gasteiger partial charge on any atom is -0.366 e. The first-order chi connectivity index (χ1) is 8.99. The van der Waals surface area contributed by atoms with Gasteiger partial charge in [-0.05, 0) is 25.8 Å². The smallest absolute Gasteiger partial charge is 0.250 e. The van der Waals surface area contributed by atoms with Crippen molar-refractivity contribution in [1.29, 1.82) is 0 Å². The van der Waals surface area contributed by atoms with Crippen molar-refractivity contribution in [1.82, 2.24) is 4.98 Å². The second kappa shape index (κ2) is 6.87. The van der Waals surface area contributed by atoms with Crippen LogP contribution in [0.3, 0.4) is 0 Å². The molecule has 1 rings (SSSR count). The Hall–Kier alpha value is -1.91. The number of hydrogen-bond acceptors (Lipinski definition) is 3. The molecule has 0 fully saturated rings. The van der Waals surface area contributed by atoms with Gasteiger partial charge in [0.1, 0.15) is 0 Å². The summed E-state index contributed by atoms with van der Waals surface area (Å²) >= 11 is 0. The first kappa shape index (κ1) is 15.1. The minimum atomic E-state index is -0.529. The van der Waals surface area contributed by atoms with Crippen LogP contribution in [0.15, 0.2) is 6.07 Å². The zero-order valence-electron chi connectivity index (χ0n) is 11.7. The molecule has 0 atom stereocenters. The first-order valence-electron chi connectivity index (χ1n) is 6.59. The molecule has 0 radical (unpaired) electrons. The molecule has 19 heavy (non-hydrogen) atoms. The number of nitrogens with one attached hydrogen (secondary N) is 1. The van der Waals surface area contributed by atoms with Crippen molar-refractivity contribution in [3.05, 3.63) is 23.0 Å². The van der Waals surface area contributed by atoms with Gasteiger partial charge in [-0.2, -0.15) is 0 Å². The van der Waals surface area contributed by atoms with E-state index in [1.54, 1.807) is 13.0 Å². The third-order valence-corrected chi connectivity index (χ3v) is 2.80. The normalized spacial score (nSPS) is 10.3. The Morgan fingerprint density at radius 2 is 2.00 bits per heavy atom. The van der Waals surface area contributed by atoms with E-state index < -0.39 is 5.91 Å². The van der Waals surface area contributed by atoms with E-state index in [9.17, 15) is 9.59 Å². The molecule has 0 unspecified atom stereocenters. The largest absolute Gasteiger partial charge is 0.366 e. The Bertz CT molecular complexity index is 484. The summed E-state index contributed by atoms with van der Waals surface area (Å²) in [7, 11) is 0. The Kier molecular flexibility index (Phi) is 5.48. The number of pyridine rings is 1. The summed E-state index contributed by atoms with van der Waals surface area (Å²) in [5, 5.41) is 2.81. The van der Waals surface area contributed by atoms with Crippen LogP contribution in [-0.2, 0) is 11.2 Å². The lowest BCUT2D eigenvalue weighted by atomic mass is 10.1. The van der Waals surface area contributed by atoms with E-state index in [4.69, 9.17) is 5.73 Å². The van der Waals surface area contributed by atoms with E-state index in [0.717, 1.165) is 25.0 Å². The second-order valence-electron chi connectivity index (χ2n) is 4.53. The van der Waals surface area contributed by atoms with E-state index in [1.165, 1.54) is 0 Å². The Morgan fingerprint density at radius 1 is 1.32 bits per heavy atom. The summed E-state index contributed by atoms with van der Waals surface area (Å²) in [6.45, 7) is 5.72. The summed E-state index contributed by atoms with van der Waals surface area (Å²) in [5.74, 6) is -0.597. The fourth-order valence-corrected chi connectivity index (χ4v) is 1.88. The topological polar surface area (TPSA) is 85.1 Å². The van der Waals surface area contributed by atoms with Gasteiger partial charge in [0.2, 0.25) is 5.91 Å². The van der Waals surface area contributed by atoms with Crippen molar-refractivity contribution in [3.8, 4) is 0 Å². The molecule has 104 valence electrons. The van der Waals surface area contributed by atoms with E-state index in [2.05, 4.69) is 10.3 Å². The molecule has 1 aromatic rings. The highest BCUT2D eigenvalue weighted by Crippen LogP contribution is 2.20.